The second-order valence-corrected chi connectivity index (χ2v) is 6.62. The highest BCUT2D eigenvalue weighted by Crippen LogP contribution is 2.29. The van der Waals surface area contributed by atoms with Crippen molar-refractivity contribution in [2.24, 2.45) is 0 Å². The summed E-state index contributed by atoms with van der Waals surface area (Å²) < 4.78 is 32.9. The van der Waals surface area contributed by atoms with Crippen molar-refractivity contribution in [2.75, 3.05) is 18.9 Å². The molecule has 0 bridgehead atoms. The molecule has 0 radical (unpaired) electrons. The Morgan fingerprint density at radius 2 is 2.24 bits per heavy atom. The highest BCUT2D eigenvalue weighted by molar-refractivity contribution is 7.89. The third-order valence-electron chi connectivity index (χ3n) is 3.43. The lowest BCUT2D eigenvalue weighted by atomic mass is 10.2. The van der Waals surface area contributed by atoms with E-state index >= 15 is 0 Å². The maximum Gasteiger partial charge on any atom is 0.324 e. The number of nitrogen functional groups attached to an aromatic ring is 1. The van der Waals surface area contributed by atoms with Gasteiger partial charge in [0.2, 0.25) is 10.0 Å². The molecule has 2 rings (SSSR count). The fourth-order valence-corrected chi connectivity index (χ4v) is 4.12. The Morgan fingerprint density at radius 1 is 1.52 bits per heavy atom. The summed E-state index contributed by atoms with van der Waals surface area (Å²) in [5, 5.41) is 3.95. The first-order valence-electron chi connectivity index (χ1n) is 6.93. The van der Waals surface area contributed by atoms with Crippen LogP contribution >= 0.6 is 0 Å². The Morgan fingerprint density at radius 3 is 2.81 bits per heavy atom. The van der Waals surface area contributed by atoms with Gasteiger partial charge in [-0.1, -0.05) is 0 Å². The molecular weight excluding hydrogens is 296 g/mol. The van der Waals surface area contributed by atoms with Gasteiger partial charge in [-0.3, -0.25) is 9.48 Å². The van der Waals surface area contributed by atoms with Gasteiger partial charge in [-0.2, -0.15) is 9.40 Å². The van der Waals surface area contributed by atoms with Crippen LogP contribution in [0.15, 0.2) is 11.1 Å². The molecule has 0 aliphatic carbocycles. The summed E-state index contributed by atoms with van der Waals surface area (Å²) in [7, 11) is -3.85. The zero-order chi connectivity index (χ0) is 15.6. The number of esters is 1. The minimum absolute atomic E-state index is 0.0497. The lowest BCUT2D eigenvalue weighted by molar-refractivity contribution is -0.146. The van der Waals surface area contributed by atoms with E-state index in [0.717, 1.165) is 0 Å². The number of sulfonamides is 1. The number of carbonyl (C=O) groups is 1. The van der Waals surface area contributed by atoms with Crippen molar-refractivity contribution in [3.05, 3.63) is 6.20 Å². The van der Waals surface area contributed by atoms with E-state index in [4.69, 9.17) is 10.5 Å². The van der Waals surface area contributed by atoms with E-state index in [1.54, 1.807) is 6.92 Å². The third kappa shape index (κ3) is 2.88. The molecule has 1 atom stereocenters. The van der Waals surface area contributed by atoms with Crippen LogP contribution in [0.5, 0.6) is 0 Å². The van der Waals surface area contributed by atoms with Crippen LogP contribution in [0.3, 0.4) is 0 Å². The standard InChI is InChI=1S/C12H20N4O4S/c1-3-15-8-10(11(13)14-15)21(18,19)16-7-5-6-9(16)12(17)20-4-2/h8-9H,3-7H2,1-2H3,(H2,13,14). The summed E-state index contributed by atoms with van der Waals surface area (Å²) in [6.45, 7) is 4.54. The van der Waals surface area contributed by atoms with Crippen molar-refractivity contribution in [1.29, 1.82) is 0 Å². The van der Waals surface area contributed by atoms with Crippen LogP contribution in [-0.4, -0.2) is 47.7 Å². The summed E-state index contributed by atoms with van der Waals surface area (Å²) in [4.78, 5) is 11.8. The topological polar surface area (TPSA) is 108 Å². The number of nitrogens with zero attached hydrogens (tertiary/aromatic N) is 3. The average molecular weight is 316 g/mol. The highest BCUT2D eigenvalue weighted by atomic mass is 32.2. The first-order chi connectivity index (χ1) is 9.91. The summed E-state index contributed by atoms with van der Waals surface area (Å²) >= 11 is 0. The normalized spacial score (nSPS) is 19.8. The van der Waals surface area contributed by atoms with E-state index < -0.39 is 22.0 Å². The molecule has 21 heavy (non-hydrogen) atoms. The number of ether oxygens (including phenoxy) is 1. The first-order valence-corrected chi connectivity index (χ1v) is 8.37. The van der Waals surface area contributed by atoms with Crippen molar-refractivity contribution in [3.63, 3.8) is 0 Å². The van der Waals surface area contributed by atoms with Crippen LogP contribution < -0.4 is 5.73 Å². The van der Waals surface area contributed by atoms with Gasteiger partial charge in [-0.15, -0.1) is 0 Å². The van der Waals surface area contributed by atoms with Gasteiger partial charge in [0.15, 0.2) is 5.82 Å². The molecule has 1 unspecified atom stereocenters. The largest absolute Gasteiger partial charge is 0.465 e. The van der Waals surface area contributed by atoms with Gasteiger partial charge in [0.25, 0.3) is 0 Å². The molecule has 0 aromatic carbocycles. The molecule has 2 N–H and O–H groups in total. The Balaban J connectivity index is 2.33. The van der Waals surface area contributed by atoms with Crippen molar-refractivity contribution in [1.82, 2.24) is 14.1 Å². The average Bonchev–Trinajstić information content (AvgIpc) is 3.05. The zero-order valence-corrected chi connectivity index (χ0v) is 13.0. The van der Waals surface area contributed by atoms with Gasteiger partial charge in [-0.25, -0.2) is 8.42 Å². The first kappa shape index (κ1) is 15.8. The molecule has 9 heteroatoms. The Bertz CT molecular complexity index is 625. The molecule has 1 aliphatic rings. The molecule has 1 fully saturated rings. The molecule has 1 aliphatic heterocycles. The number of carbonyl (C=O) groups excluding carboxylic acids is 1. The SMILES string of the molecule is CCOC(=O)C1CCCN1S(=O)(=O)c1cn(CC)nc1N. The number of aromatic nitrogens is 2. The van der Waals surface area contributed by atoms with Crippen LogP contribution in [0, 0.1) is 0 Å². The van der Waals surface area contributed by atoms with Gasteiger partial charge < -0.3 is 10.5 Å². The fourth-order valence-electron chi connectivity index (χ4n) is 2.41. The molecule has 0 spiro atoms. The van der Waals surface area contributed by atoms with Crippen LogP contribution in [0.2, 0.25) is 0 Å². The number of anilines is 1. The minimum atomic E-state index is -3.85. The Hall–Kier alpha value is -1.61. The predicted molar refractivity (Wildman–Crippen MR) is 75.9 cm³/mol. The van der Waals surface area contributed by atoms with Gasteiger partial charge >= 0.3 is 5.97 Å². The Labute approximate surface area is 123 Å². The lowest BCUT2D eigenvalue weighted by Gasteiger charge is -2.21. The van der Waals surface area contributed by atoms with E-state index in [1.165, 1.54) is 15.2 Å². The van der Waals surface area contributed by atoms with Gasteiger partial charge in [0, 0.05) is 19.3 Å². The number of nitrogens with two attached hydrogens (primary N) is 1. The van der Waals surface area contributed by atoms with Crippen LogP contribution in [-0.2, 0) is 26.1 Å². The number of rotatable bonds is 5. The van der Waals surface area contributed by atoms with Crippen LogP contribution in [0.1, 0.15) is 26.7 Å². The third-order valence-corrected chi connectivity index (χ3v) is 5.35. The molecule has 0 amide bonds. The molecule has 2 heterocycles. The van der Waals surface area contributed by atoms with Gasteiger partial charge in [0.1, 0.15) is 10.9 Å². The molecule has 118 valence electrons. The second kappa shape index (κ2) is 6.02. The van der Waals surface area contributed by atoms with Crippen LogP contribution in [0.25, 0.3) is 0 Å². The van der Waals surface area contributed by atoms with Crippen LogP contribution in [0.4, 0.5) is 5.82 Å². The van der Waals surface area contributed by atoms with E-state index in [2.05, 4.69) is 5.10 Å². The highest BCUT2D eigenvalue weighted by Gasteiger charge is 2.41. The fraction of sp³-hybridized carbons (Fsp3) is 0.667. The van der Waals surface area contributed by atoms with E-state index in [-0.39, 0.29) is 23.9 Å². The quantitative estimate of drug-likeness (QED) is 0.778. The molecule has 1 saturated heterocycles. The molecular formula is C12H20N4O4S. The maximum absolute atomic E-state index is 12.7. The zero-order valence-electron chi connectivity index (χ0n) is 12.2. The molecule has 0 saturated carbocycles. The van der Waals surface area contributed by atoms with Crippen molar-refractivity contribution in [3.8, 4) is 0 Å². The molecule has 8 nitrogen and oxygen atoms in total. The molecule has 1 aromatic heterocycles. The van der Waals surface area contributed by atoms with Crippen molar-refractivity contribution in [2.45, 2.75) is 44.2 Å². The summed E-state index contributed by atoms with van der Waals surface area (Å²) in [5.74, 6) is -0.564. The van der Waals surface area contributed by atoms with Gasteiger partial charge in [0.05, 0.1) is 6.61 Å². The van der Waals surface area contributed by atoms with E-state index in [0.29, 0.717) is 19.4 Å². The maximum atomic E-state index is 12.7. The summed E-state index contributed by atoms with van der Waals surface area (Å²) in [6.07, 6.45) is 2.47. The minimum Gasteiger partial charge on any atom is -0.465 e. The molecule has 1 aromatic rings. The smallest absolute Gasteiger partial charge is 0.324 e. The van der Waals surface area contributed by atoms with E-state index in [1.807, 2.05) is 6.92 Å². The summed E-state index contributed by atoms with van der Waals surface area (Å²) in [5.41, 5.74) is 5.70. The van der Waals surface area contributed by atoms with Gasteiger partial charge in [-0.05, 0) is 26.7 Å². The monoisotopic (exact) mass is 316 g/mol. The summed E-state index contributed by atoms with van der Waals surface area (Å²) in [6, 6.07) is -0.778. The number of aryl methyl sites for hydroxylation is 1. The predicted octanol–water partition coefficient (Wildman–Crippen LogP) is 0.201. The van der Waals surface area contributed by atoms with Crippen molar-refractivity contribution >= 4 is 21.8 Å². The van der Waals surface area contributed by atoms with Crippen molar-refractivity contribution < 1.29 is 17.9 Å². The van der Waals surface area contributed by atoms with E-state index in [9.17, 15) is 13.2 Å². The number of hydrogen-bond donors (Lipinski definition) is 1. The lowest BCUT2D eigenvalue weighted by Crippen LogP contribution is -2.41. The second-order valence-electron chi connectivity index (χ2n) is 4.76. The number of hydrogen-bond acceptors (Lipinski definition) is 6. The Kier molecular flexibility index (Phi) is 4.52.